The van der Waals surface area contributed by atoms with E-state index in [1.165, 1.54) is 11.1 Å². The molecule has 2 rings (SSSR count). The third kappa shape index (κ3) is 5.64. The van der Waals surface area contributed by atoms with Crippen LogP contribution in [0.4, 0.5) is 4.79 Å². The van der Waals surface area contributed by atoms with Gasteiger partial charge in [-0.3, -0.25) is 0 Å². The lowest BCUT2D eigenvalue weighted by molar-refractivity contribution is 0.233. The average Bonchev–Trinajstić information content (AvgIpc) is 3.03. The van der Waals surface area contributed by atoms with E-state index in [1.807, 2.05) is 32.3 Å². The predicted octanol–water partition coefficient (Wildman–Crippen LogP) is 3.66. The molecule has 0 saturated carbocycles. The van der Waals surface area contributed by atoms with Crippen molar-refractivity contribution in [3.8, 4) is 0 Å². The van der Waals surface area contributed by atoms with Gasteiger partial charge in [-0.25, -0.2) is 4.79 Å². The molecular formula is C17H22BrN3OS. The van der Waals surface area contributed by atoms with Gasteiger partial charge in [0, 0.05) is 17.6 Å². The second-order valence-corrected chi connectivity index (χ2v) is 7.15. The van der Waals surface area contributed by atoms with Crippen LogP contribution >= 0.6 is 27.3 Å². The summed E-state index contributed by atoms with van der Waals surface area (Å²) in [5.41, 5.74) is 2.42. The Labute approximate surface area is 150 Å². The van der Waals surface area contributed by atoms with Crippen molar-refractivity contribution in [3.63, 3.8) is 0 Å². The van der Waals surface area contributed by atoms with Gasteiger partial charge in [-0.1, -0.05) is 34.1 Å². The number of carbonyl (C=O) groups is 1. The largest absolute Gasteiger partial charge is 0.338 e. The van der Waals surface area contributed by atoms with E-state index < -0.39 is 0 Å². The molecule has 1 aromatic carbocycles. The second kappa shape index (κ2) is 9.05. The van der Waals surface area contributed by atoms with Crippen LogP contribution in [-0.4, -0.2) is 38.1 Å². The van der Waals surface area contributed by atoms with Crippen LogP contribution in [0.1, 0.15) is 17.2 Å². The summed E-state index contributed by atoms with van der Waals surface area (Å²) in [7, 11) is 4.05. The van der Waals surface area contributed by atoms with Crippen LogP contribution in [0.25, 0.3) is 0 Å². The van der Waals surface area contributed by atoms with Crippen molar-refractivity contribution in [1.29, 1.82) is 0 Å². The number of benzene rings is 1. The molecule has 0 spiro atoms. The molecule has 2 aromatic rings. The van der Waals surface area contributed by atoms with Gasteiger partial charge >= 0.3 is 6.03 Å². The van der Waals surface area contributed by atoms with Crippen LogP contribution < -0.4 is 10.6 Å². The maximum atomic E-state index is 12.0. The molecule has 0 saturated heterocycles. The minimum atomic E-state index is -0.126. The van der Waals surface area contributed by atoms with Crippen molar-refractivity contribution in [2.24, 2.45) is 0 Å². The minimum Gasteiger partial charge on any atom is -0.338 e. The number of nitrogens with one attached hydrogen (secondary N) is 2. The van der Waals surface area contributed by atoms with Crippen molar-refractivity contribution in [3.05, 3.63) is 56.7 Å². The van der Waals surface area contributed by atoms with Crippen LogP contribution in [0.15, 0.2) is 45.6 Å². The van der Waals surface area contributed by atoms with Gasteiger partial charge in [-0.05, 0) is 54.5 Å². The molecule has 124 valence electrons. The lowest BCUT2D eigenvalue weighted by Crippen LogP contribution is -2.41. The highest BCUT2D eigenvalue weighted by Gasteiger charge is 2.15. The normalized spacial score (nSPS) is 12.2. The van der Waals surface area contributed by atoms with Gasteiger partial charge in [-0.2, -0.15) is 11.3 Å². The molecule has 6 heteroatoms. The fourth-order valence-electron chi connectivity index (χ4n) is 2.33. The Balaban J connectivity index is 1.75. The predicted molar refractivity (Wildman–Crippen MR) is 100.0 cm³/mol. The third-order valence-electron chi connectivity index (χ3n) is 3.65. The van der Waals surface area contributed by atoms with E-state index in [0.717, 1.165) is 10.9 Å². The Morgan fingerprint density at radius 3 is 2.70 bits per heavy atom. The molecule has 0 fully saturated rings. The van der Waals surface area contributed by atoms with Gasteiger partial charge in [0.25, 0.3) is 0 Å². The van der Waals surface area contributed by atoms with Gasteiger partial charge in [0.1, 0.15) is 0 Å². The quantitative estimate of drug-likeness (QED) is 0.751. The molecule has 0 aliphatic rings. The molecule has 0 bridgehead atoms. The van der Waals surface area contributed by atoms with E-state index in [2.05, 4.69) is 54.4 Å². The molecule has 1 unspecified atom stereocenters. The van der Waals surface area contributed by atoms with Crippen molar-refractivity contribution in [2.75, 3.05) is 27.2 Å². The highest BCUT2D eigenvalue weighted by atomic mass is 79.9. The Hall–Kier alpha value is -1.37. The number of halogens is 1. The number of hydrogen-bond donors (Lipinski definition) is 2. The molecule has 1 aromatic heterocycles. The zero-order valence-electron chi connectivity index (χ0n) is 13.4. The lowest BCUT2D eigenvalue weighted by atomic mass is 10.1. The molecule has 4 nitrogen and oxygen atoms in total. The third-order valence-corrected chi connectivity index (χ3v) is 5.12. The first-order valence-electron chi connectivity index (χ1n) is 7.51. The van der Waals surface area contributed by atoms with E-state index in [9.17, 15) is 4.79 Å². The van der Waals surface area contributed by atoms with Gasteiger partial charge in [0.2, 0.25) is 0 Å². The zero-order chi connectivity index (χ0) is 16.7. The second-order valence-electron chi connectivity index (χ2n) is 5.51. The summed E-state index contributed by atoms with van der Waals surface area (Å²) in [6.45, 7) is 1.20. The monoisotopic (exact) mass is 395 g/mol. The summed E-state index contributed by atoms with van der Waals surface area (Å²) in [5, 5.41) is 10.0. The van der Waals surface area contributed by atoms with Gasteiger partial charge in [0.05, 0.1) is 6.04 Å². The first kappa shape index (κ1) is 18.0. The van der Waals surface area contributed by atoms with Crippen molar-refractivity contribution < 1.29 is 4.79 Å². The lowest BCUT2D eigenvalue weighted by Gasteiger charge is -2.24. The van der Waals surface area contributed by atoms with Crippen LogP contribution in [0.3, 0.4) is 0 Å². The van der Waals surface area contributed by atoms with E-state index in [1.54, 1.807) is 11.3 Å². The standard InChI is InChI=1S/C17H22BrN3OS/c1-21(2)16(14-8-10-23-12-14)11-20-17(22)19-9-7-13-5-3-4-6-15(13)18/h3-6,8,10,12,16H,7,9,11H2,1-2H3,(H2,19,20,22). The highest BCUT2D eigenvalue weighted by molar-refractivity contribution is 9.10. The Bertz CT molecular complexity index is 616. The maximum absolute atomic E-state index is 12.0. The van der Waals surface area contributed by atoms with Crippen LogP contribution in [0.2, 0.25) is 0 Å². The Morgan fingerprint density at radius 1 is 1.26 bits per heavy atom. The number of carbonyl (C=O) groups excluding carboxylic acids is 1. The molecule has 2 N–H and O–H groups in total. The summed E-state index contributed by atoms with van der Waals surface area (Å²) >= 11 is 5.19. The molecule has 23 heavy (non-hydrogen) atoms. The fourth-order valence-corrected chi connectivity index (χ4v) is 3.52. The number of likely N-dealkylation sites (N-methyl/N-ethyl adjacent to an activating group) is 1. The molecule has 1 heterocycles. The van der Waals surface area contributed by atoms with Crippen molar-refractivity contribution in [1.82, 2.24) is 15.5 Å². The van der Waals surface area contributed by atoms with Gasteiger partial charge < -0.3 is 15.5 Å². The zero-order valence-corrected chi connectivity index (χ0v) is 15.8. The van der Waals surface area contributed by atoms with Crippen molar-refractivity contribution >= 4 is 33.3 Å². The summed E-state index contributed by atoms with van der Waals surface area (Å²) < 4.78 is 1.08. The SMILES string of the molecule is CN(C)C(CNC(=O)NCCc1ccccc1Br)c1ccsc1. The molecule has 0 aliphatic carbocycles. The summed E-state index contributed by atoms with van der Waals surface area (Å²) in [6.07, 6.45) is 0.802. The van der Waals surface area contributed by atoms with E-state index in [4.69, 9.17) is 0 Å². The summed E-state index contributed by atoms with van der Waals surface area (Å²) in [4.78, 5) is 14.1. The minimum absolute atomic E-state index is 0.126. The van der Waals surface area contributed by atoms with E-state index in [-0.39, 0.29) is 12.1 Å². The maximum Gasteiger partial charge on any atom is 0.314 e. The highest BCUT2D eigenvalue weighted by Crippen LogP contribution is 2.20. The first-order chi connectivity index (χ1) is 11.1. The smallest absolute Gasteiger partial charge is 0.314 e. The Kier molecular flexibility index (Phi) is 7.08. The van der Waals surface area contributed by atoms with Crippen LogP contribution in [-0.2, 0) is 6.42 Å². The molecular weight excluding hydrogens is 374 g/mol. The average molecular weight is 396 g/mol. The van der Waals surface area contributed by atoms with Crippen molar-refractivity contribution in [2.45, 2.75) is 12.5 Å². The van der Waals surface area contributed by atoms with Crippen LogP contribution in [0.5, 0.6) is 0 Å². The topological polar surface area (TPSA) is 44.4 Å². The number of thiophene rings is 1. The Morgan fingerprint density at radius 2 is 2.04 bits per heavy atom. The molecule has 1 atom stereocenters. The molecule has 0 aliphatic heterocycles. The molecule has 0 radical (unpaired) electrons. The fraction of sp³-hybridized carbons (Fsp3) is 0.353. The summed E-state index contributed by atoms with van der Waals surface area (Å²) in [6, 6.07) is 10.2. The number of rotatable bonds is 7. The number of amides is 2. The van der Waals surface area contributed by atoms with E-state index in [0.29, 0.717) is 13.1 Å². The van der Waals surface area contributed by atoms with Gasteiger partial charge in [0.15, 0.2) is 0 Å². The number of hydrogen-bond acceptors (Lipinski definition) is 3. The van der Waals surface area contributed by atoms with E-state index >= 15 is 0 Å². The van der Waals surface area contributed by atoms with Crippen LogP contribution in [0, 0.1) is 0 Å². The van der Waals surface area contributed by atoms with Gasteiger partial charge in [-0.15, -0.1) is 0 Å². The number of urea groups is 1. The summed E-state index contributed by atoms with van der Waals surface area (Å²) in [5.74, 6) is 0. The molecule has 2 amide bonds. The first-order valence-corrected chi connectivity index (χ1v) is 9.25. The number of nitrogens with zero attached hydrogens (tertiary/aromatic N) is 1.